The average Bonchev–Trinajstić information content (AvgIpc) is 2.97. The van der Waals surface area contributed by atoms with Crippen LogP contribution in [-0.4, -0.2) is 31.6 Å². The van der Waals surface area contributed by atoms with Crippen molar-refractivity contribution in [3.05, 3.63) is 58.9 Å². The molecule has 0 spiro atoms. The number of aryl methyl sites for hydroxylation is 1. The van der Waals surface area contributed by atoms with Gasteiger partial charge in [0, 0.05) is 30.2 Å². The molecule has 1 aliphatic rings. The molecule has 2 aromatic carbocycles. The summed E-state index contributed by atoms with van der Waals surface area (Å²) >= 11 is 0. The first-order chi connectivity index (χ1) is 13.3. The number of urea groups is 1. The lowest BCUT2D eigenvalue weighted by atomic mass is 9.93. The highest BCUT2D eigenvalue weighted by atomic mass is 19.1. The van der Waals surface area contributed by atoms with Gasteiger partial charge in [-0.2, -0.15) is 0 Å². The van der Waals surface area contributed by atoms with Crippen LogP contribution in [0.4, 0.5) is 23.7 Å². The SMILES string of the molecule is COc1cc(F)c([C@@H]2CNC(=O)C2NC(=O)Nc2ccc(C)cc2F)c(F)c1. The van der Waals surface area contributed by atoms with Crippen LogP contribution in [0.15, 0.2) is 30.3 Å². The van der Waals surface area contributed by atoms with Gasteiger partial charge in [-0.05, 0) is 24.6 Å². The second-order valence-electron chi connectivity index (χ2n) is 6.42. The van der Waals surface area contributed by atoms with Crippen LogP contribution in [0.1, 0.15) is 17.0 Å². The molecule has 28 heavy (non-hydrogen) atoms. The molecule has 1 unspecified atom stereocenters. The maximum absolute atomic E-state index is 14.4. The standard InChI is InChI=1S/C19H18F3N3O3/c1-9-3-4-15(12(20)5-9)24-19(27)25-17-11(8-23-18(17)26)16-13(21)6-10(28-2)7-14(16)22/h3-7,11,17H,8H2,1-2H3,(H,23,26)(H2,24,25,27)/t11-,17?/m0/s1. The molecule has 3 amide bonds. The van der Waals surface area contributed by atoms with E-state index in [4.69, 9.17) is 4.74 Å². The summed E-state index contributed by atoms with van der Waals surface area (Å²) in [6.45, 7) is 1.63. The van der Waals surface area contributed by atoms with E-state index in [0.29, 0.717) is 5.56 Å². The third-order valence-corrected chi connectivity index (χ3v) is 4.50. The van der Waals surface area contributed by atoms with E-state index < -0.39 is 41.3 Å². The summed E-state index contributed by atoms with van der Waals surface area (Å²) in [6, 6.07) is 4.11. The van der Waals surface area contributed by atoms with Crippen LogP contribution in [0.5, 0.6) is 5.75 Å². The predicted molar refractivity (Wildman–Crippen MR) is 95.7 cm³/mol. The third kappa shape index (κ3) is 3.88. The van der Waals surface area contributed by atoms with Gasteiger partial charge < -0.3 is 20.7 Å². The minimum atomic E-state index is -1.23. The zero-order valence-corrected chi connectivity index (χ0v) is 15.1. The number of anilines is 1. The first kappa shape index (κ1) is 19.5. The van der Waals surface area contributed by atoms with E-state index in [0.717, 1.165) is 12.1 Å². The molecule has 1 heterocycles. The lowest BCUT2D eigenvalue weighted by molar-refractivity contribution is -0.120. The molecule has 148 valence electrons. The number of nitrogens with one attached hydrogen (secondary N) is 3. The minimum Gasteiger partial charge on any atom is -0.497 e. The van der Waals surface area contributed by atoms with Crippen LogP contribution in [0, 0.1) is 24.4 Å². The van der Waals surface area contributed by atoms with E-state index in [1.54, 1.807) is 13.0 Å². The Bertz CT molecular complexity index is 913. The maximum Gasteiger partial charge on any atom is 0.319 e. The normalized spacial score (nSPS) is 18.5. The second-order valence-corrected chi connectivity index (χ2v) is 6.42. The van der Waals surface area contributed by atoms with Crippen LogP contribution in [0.2, 0.25) is 0 Å². The molecular formula is C19H18F3N3O3. The fourth-order valence-corrected chi connectivity index (χ4v) is 3.11. The Morgan fingerprint density at radius 2 is 1.82 bits per heavy atom. The molecule has 3 rings (SSSR count). The van der Waals surface area contributed by atoms with E-state index in [-0.39, 0.29) is 23.5 Å². The number of ether oxygens (including phenoxy) is 1. The van der Waals surface area contributed by atoms with Gasteiger partial charge in [-0.25, -0.2) is 18.0 Å². The van der Waals surface area contributed by atoms with Crippen molar-refractivity contribution in [1.29, 1.82) is 0 Å². The Morgan fingerprint density at radius 3 is 2.43 bits per heavy atom. The van der Waals surface area contributed by atoms with E-state index in [9.17, 15) is 22.8 Å². The third-order valence-electron chi connectivity index (χ3n) is 4.50. The largest absolute Gasteiger partial charge is 0.497 e. The highest BCUT2D eigenvalue weighted by molar-refractivity contribution is 5.95. The van der Waals surface area contributed by atoms with Crippen molar-refractivity contribution in [2.24, 2.45) is 0 Å². The molecule has 1 fully saturated rings. The fraction of sp³-hybridized carbons (Fsp3) is 0.263. The van der Waals surface area contributed by atoms with Crippen molar-refractivity contribution in [3.8, 4) is 5.75 Å². The van der Waals surface area contributed by atoms with Crippen LogP contribution < -0.4 is 20.7 Å². The number of carbonyl (C=O) groups is 2. The van der Waals surface area contributed by atoms with Crippen LogP contribution in [0.25, 0.3) is 0 Å². The lowest BCUT2D eigenvalue weighted by Gasteiger charge is -2.20. The first-order valence-corrected chi connectivity index (χ1v) is 8.44. The van der Waals surface area contributed by atoms with Gasteiger partial charge in [0.1, 0.15) is 29.2 Å². The van der Waals surface area contributed by atoms with Gasteiger partial charge in [0.25, 0.3) is 0 Å². The smallest absolute Gasteiger partial charge is 0.319 e. The van der Waals surface area contributed by atoms with E-state index >= 15 is 0 Å². The van der Waals surface area contributed by atoms with Gasteiger partial charge in [-0.3, -0.25) is 4.79 Å². The summed E-state index contributed by atoms with van der Waals surface area (Å²) in [4.78, 5) is 24.3. The summed E-state index contributed by atoms with van der Waals surface area (Å²) < 4.78 is 47.5. The number of hydrogen-bond acceptors (Lipinski definition) is 3. The van der Waals surface area contributed by atoms with Gasteiger partial charge in [0.15, 0.2) is 0 Å². The topological polar surface area (TPSA) is 79.5 Å². The zero-order chi connectivity index (χ0) is 20.4. The van der Waals surface area contributed by atoms with Gasteiger partial charge in [-0.15, -0.1) is 0 Å². The predicted octanol–water partition coefficient (Wildman–Crippen LogP) is 2.82. The molecule has 0 aromatic heterocycles. The lowest BCUT2D eigenvalue weighted by Crippen LogP contribution is -2.45. The molecule has 3 N–H and O–H groups in total. The molecule has 0 aliphatic carbocycles. The maximum atomic E-state index is 14.4. The molecule has 1 aliphatic heterocycles. The molecule has 9 heteroatoms. The van der Waals surface area contributed by atoms with Gasteiger partial charge in [-0.1, -0.05) is 6.07 Å². The van der Waals surface area contributed by atoms with Crippen molar-refractivity contribution >= 4 is 17.6 Å². The minimum absolute atomic E-state index is 0.00636. The van der Waals surface area contributed by atoms with Crippen molar-refractivity contribution in [2.75, 3.05) is 19.0 Å². The molecule has 0 bridgehead atoms. The Morgan fingerprint density at radius 1 is 1.14 bits per heavy atom. The monoisotopic (exact) mass is 393 g/mol. The Labute approximate surface area is 159 Å². The van der Waals surface area contributed by atoms with E-state index in [1.165, 1.54) is 19.2 Å². The molecule has 2 atom stereocenters. The zero-order valence-electron chi connectivity index (χ0n) is 15.1. The highest BCUT2D eigenvalue weighted by Gasteiger charge is 2.40. The Hall–Kier alpha value is -3.23. The molecule has 6 nitrogen and oxygen atoms in total. The second kappa shape index (κ2) is 7.79. The summed E-state index contributed by atoms with van der Waals surface area (Å²) in [5.41, 5.74) is 0.245. The van der Waals surface area contributed by atoms with E-state index in [1.807, 2.05) is 0 Å². The number of hydrogen-bond donors (Lipinski definition) is 3. The fourth-order valence-electron chi connectivity index (χ4n) is 3.11. The van der Waals surface area contributed by atoms with Crippen molar-refractivity contribution in [3.63, 3.8) is 0 Å². The summed E-state index contributed by atoms with van der Waals surface area (Å²) in [6.07, 6.45) is 0. The Kier molecular flexibility index (Phi) is 5.43. The quantitative estimate of drug-likeness (QED) is 0.748. The van der Waals surface area contributed by atoms with Crippen molar-refractivity contribution in [2.45, 2.75) is 18.9 Å². The van der Waals surface area contributed by atoms with E-state index in [2.05, 4.69) is 16.0 Å². The molecule has 0 saturated carbocycles. The van der Waals surface area contributed by atoms with Crippen LogP contribution in [-0.2, 0) is 4.79 Å². The summed E-state index contributed by atoms with van der Waals surface area (Å²) in [5, 5.41) is 7.12. The summed E-state index contributed by atoms with van der Waals surface area (Å²) in [5.74, 6) is -4.01. The van der Waals surface area contributed by atoms with Crippen molar-refractivity contribution < 1.29 is 27.5 Å². The number of rotatable bonds is 4. The summed E-state index contributed by atoms with van der Waals surface area (Å²) in [7, 11) is 1.27. The first-order valence-electron chi connectivity index (χ1n) is 8.44. The van der Waals surface area contributed by atoms with Crippen LogP contribution in [0.3, 0.4) is 0 Å². The number of methoxy groups -OCH3 is 1. The van der Waals surface area contributed by atoms with Gasteiger partial charge in [0.2, 0.25) is 5.91 Å². The molecule has 2 aromatic rings. The molecule has 0 radical (unpaired) electrons. The van der Waals surface area contributed by atoms with Crippen LogP contribution >= 0.6 is 0 Å². The van der Waals surface area contributed by atoms with Crippen molar-refractivity contribution in [1.82, 2.24) is 10.6 Å². The number of benzene rings is 2. The number of carbonyl (C=O) groups excluding carboxylic acids is 2. The van der Waals surface area contributed by atoms with Gasteiger partial charge >= 0.3 is 6.03 Å². The average molecular weight is 393 g/mol. The molecular weight excluding hydrogens is 375 g/mol. The molecule has 1 saturated heterocycles. The number of halogens is 3. The number of amides is 3. The van der Waals surface area contributed by atoms with Gasteiger partial charge in [0.05, 0.1) is 12.8 Å². The Balaban J connectivity index is 1.80. The highest BCUT2D eigenvalue weighted by Crippen LogP contribution is 2.31.